The largest absolute Gasteiger partial charge is 0.456 e. The van der Waals surface area contributed by atoms with Crippen LogP contribution in [-0.2, 0) is 0 Å². The molecule has 126 heavy (non-hydrogen) atoms. The zero-order chi connectivity index (χ0) is 83.1. The first-order valence-corrected chi connectivity index (χ1v) is 43.1. The first-order chi connectivity index (χ1) is 62.4. The van der Waals surface area contributed by atoms with E-state index in [2.05, 4.69) is 468 Å². The van der Waals surface area contributed by atoms with Crippen LogP contribution in [0.5, 0.6) is 0 Å². The number of hydrogen-bond donors (Lipinski definition) is 0. The van der Waals surface area contributed by atoms with Crippen molar-refractivity contribution in [2.75, 3.05) is 9.80 Å². The second-order valence-corrected chi connectivity index (χ2v) is 32.6. The van der Waals surface area contributed by atoms with E-state index in [9.17, 15) is 0 Å². The molecule has 4 heterocycles. The molecule has 0 aliphatic heterocycles. The fraction of sp³-hybridized carbons (Fsp3) is 0. The van der Waals surface area contributed by atoms with E-state index >= 15 is 0 Å². The van der Waals surface area contributed by atoms with E-state index in [-0.39, 0.29) is 0 Å². The second-order valence-electron chi connectivity index (χ2n) is 32.6. The Bertz CT molecular complexity index is 8250. The molecule has 0 unspecified atom stereocenters. The van der Waals surface area contributed by atoms with Crippen LogP contribution in [0, 0.1) is 0 Å². The van der Waals surface area contributed by atoms with Crippen LogP contribution in [0.4, 0.5) is 34.1 Å². The third kappa shape index (κ3) is 12.9. The molecule has 0 fully saturated rings. The van der Waals surface area contributed by atoms with E-state index in [0.29, 0.717) is 0 Å². The number of para-hydroxylation sites is 6. The molecule has 0 aliphatic carbocycles. The monoisotopic (exact) mass is 1610 g/mol. The molecule has 590 valence electrons. The molecule has 24 aromatic rings. The Hall–Kier alpha value is -16.8. The predicted molar refractivity (Wildman–Crippen MR) is 528 cm³/mol. The molecule has 0 bridgehead atoms. The molecule has 20 aromatic carbocycles. The minimum atomic E-state index is 0.888. The predicted octanol–water partition coefficient (Wildman–Crippen LogP) is 33.6. The Morgan fingerprint density at radius 3 is 0.960 bits per heavy atom. The zero-order valence-electron chi connectivity index (χ0n) is 68.6. The van der Waals surface area contributed by atoms with Gasteiger partial charge in [0.1, 0.15) is 22.3 Å². The lowest BCUT2D eigenvalue weighted by atomic mass is 9.95. The van der Waals surface area contributed by atoms with E-state index in [1.165, 1.54) is 43.7 Å². The summed E-state index contributed by atoms with van der Waals surface area (Å²) in [6.45, 7) is 0. The summed E-state index contributed by atoms with van der Waals surface area (Å²) in [5.74, 6) is 0. The van der Waals surface area contributed by atoms with Crippen LogP contribution in [0.15, 0.2) is 482 Å². The summed E-state index contributed by atoms with van der Waals surface area (Å²) in [5.41, 5.74) is 37.3. The van der Waals surface area contributed by atoms with E-state index in [0.717, 1.165) is 189 Å². The molecule has 0 aliphatic rings. The molecule has 6 heteroatoms. The van der Waals surface area contributed by atoms with Gasteiger partial charge >= 0.3 is 0 Å². The van der Waals surface area contributed by atoms with Gasteiger partial charge in [-0.15, -0.1) is 0 Å². The summed E-state index contributed by atoms with van der Waals surface area (Å²) in [4.78, 5) is 4.79. The maximum absolute atomic E-state index is 6.35. The average molecular weight is 1610 g/mol. The smallest absolute Gasteiger partial charge is 0.136 e. The Labute approximate surface area is 729 Å². The number of nitrogens with zero attached hydrogens (tertiary/aromatic N) is 4. The Morgan fingerprint density at radius 1 is 0.159 bits per heavy atom. The van der Waals surface area contributed by atoms with Gasteiger partial charge in [-0.25, -0.2) is 0 Å². The van der Waals surface area contributed by atoms with Crippen molar-refractivity contribution in [2.24, 2.45) is 0 Å². The van der Waals surface area contributed by atoms with Crippen LogP contribution in [0.25, 0.3) is 199 Å². The number of furan rings is 2. The van der Waals surface area contributed by atoms with Crippen molar-refractivity contribution in [3.63, 3.8) is 0 Å². The number of benzene rings is 20. The van der Waals surface area contributed by atoms with Crippen LogP contribution in [0.1, 0.15) is 0 Å². The molecule has 0 saturated heterocycles. The van der Waals surface area contributed by atoms with Crippen molar-refractivity contribution in [2.45, 2.75) is 0 Å². The van der Waals surface area contributed by atoms with Gasteiger partial charge in [0.15, 0.2) is 0 Å². The van der Waals surface area contributed by atoms with Crippen molar-refractivity contribution in [1.82, 2.24) is 9.13 Å². The fourth-order valence-corrected chi connectivity index (χ4v) is 19.3. The topological polar surface area (TPSA) is 42.6 Å². The van der Waals surface area contributed by atoms with Gasteiger partial charge in [-0.2, -0.15) is 0 Å². The van der Waals surface area contributed by atoms with Gasteiger partial charge in [0.05, 0.1) is 27.8 Å². The summed E-state index contributed by atoms with van der Waals surface area (Å²) < 4.78 is 17.5. The van der Waals surface area contributed by atoms with Gasteiger partial charge in [-0.05, 0) is 258 Å². The van der Waals surface area contributed by atoms with E-state index in [4.69, 9.17) is 8.83 Å². The molecule has 0 radical (unpaired) electrons. The van der Waals surface area contributed by atoms with Gasteiger partial charge < -0.3 is 27.8 Å². The first-order valence-electron chi connectivity index (χ1n) is 43.1. The summed E-state index contributed by atoms with van der Waals surface area (Å²) in [6, 6.07) is 172. The quantitative estimate of drug-likeness (QED) is 0.0911. The highest BCUT2D eigenvalue weighted by Crippen LogP contribution is 2.48. The van der Waals surface area contributed by atoms with Crippen LogP contribution in [-0.4, -0.2) is 9.13 Å². The minimum absolute atomic E-state index is 0.888. The minimum Gasteiger partial charge on any atom is -0.456 e. The molecule has 24 rings (SSSR count). The molecule has 6 nitrogen and oxygen atoms in total. The summed E-state index contributed by atoms with van der Waals surface area (Å²) in [5, 5.41) is 9.36. The Balaban J connectivity index is 0.540. The molecule has 0 spiro atoms. The standard InChI is InChI=1S/C120H78N4O2/c1-2-22-79(23-3-1)80-48-50-82(51-49-80)90-28-19-31-100(77-90)121(94-61-56-83(57-62-94)87-25-17-29-92(75-87)102-38-20-46-117-119(102)107-36-8-14-44-115(107)125-117)95-65-69-99(70-66-95)124-113-43-13-7-35-106(113)109-78-91(60-73-114(109)124)89-27-16-24-86(74-89)81-52-54-85(55-53-81)101-32-4-10-40-110(101)122(97-67-71-98(72-68-97)123-111-41-11-5-33-104(111)105-34-6-12-42-112(105)123)96-63-58-84(59-64-96)88-26-18-30-93(76-88)103-39-21-47-118-120(103)108-37-9-15-45-116(108)126-118/h1-78H. The number of fused-ring (bicyclic) bond motifs is 12. The van der Waals surface area contributed by atoms with E-state index in [1.807, 2.05) is 24.3 Å². The SMILES string of the molecule is c1ccc(-c2ccc(-c3cccc(N(c4ccc(-c5cccc(-c6cccc7oc8ccccc8c67)c5)cc4)c4ccc(-n5c6ccccc6c6cc(-c7cccc(-c8ccc(-c9ccccc9N(c9ccc(-c%10cccc(-c%11cccc%12oc%13ccccc%13c%11%12)c%10)cc9)c9ccc(-n%10c%11ccccc%11c%11ccccc%11%10)cc9)cc8)c7)ccc65)cc4)c3)cc2)cc1. The normalized spacial score (nSPS) is 11.7. The van der Waals surface area contributed by atoms with Crippen LogP contribution in [0.3, 0.4) is 0 Å². The van der Waals surface area contributed by atoms with Crippen molar-refractivity contribution >= 4 is 122 Å². The zero-order valence-corrected chi connectivity index (χ0v) is 68.6. The van der Waals surface area contributed by atoms with Crippen LogP contribution < -0.4 is 9.80 Å². The lowest BCUT2D eigenvalue weighted by Crippen LogP contribution is -2.11. The highest BCUT2D eigenvalue weighted by atomic mass is 16.3. The lowest BCUT2D eigenvalue weighted by molar-refractivity contribution is 0.668. The number of anilines is 6. The average Bonchev–Trinajstić information content (AvgIpc) is 1.55. The van der Waals surface area contributed by atoms with E-state index in [1.54, 1.807) is 0 Å². The van der Waals surface area contributed by atoms with Crippen LogP contribution in [0.2, 0.25) is 0 Å². The molecule has 0 N–H and O–H groups in total. The molecule has 0 atom stereocenters. The van der Waals surface area contributed by atoms with Crippen molar-refractivity contribution < 1.29 is 8.83 Å². The number of hydrogen-bond acceptors (Lipinski definition) is 4. The van der Waals surface area contributed by atoms with Gasteiger partial charge in [-0.1, -0.05) is 309 Å². The number of aromatic nitrogens is 2. The number of rotatable bonds is 17. The molecule has 0 amide bonds. The van der Waals surface area contributed by atoms with Crippen molar-refractivity contribution in [3.8, 4) is 112 Å². The van der Waals surface area contributed by atoms with Crippen molar-refractivity contribution in [1.29, 1.82) is 0 Å². The molecule has 4 aromatic heterocycles. The van der Waals surface area contributed by atoms with E-state index < -0.39 is 0 Å². The van der Waals surface area contributed by atoms with Gasteiger partial charge in [0.2, 0.25) is 0 Å². The maximum atomic E-state index is 6.35. The van der Waals surface area contributed by atoms with Gasteiger partial charge in [0, 0.05) is 88.5 Å². The molecular weight excluding hydrogens is 1530 g/mol. The summed E-state index contributed by atoms with van der Waals surface area (Å²) in [7, 11) is 0. The fourth-order valence-electron chi connectivity index (χ4n) is 19.3. The summed E-state index contributed by atoms with van der Waals surface area (Å²) in [6.07, 6.45) is 0. The van der Waals surface area contributed by atoms with Gasteiger partial charge in [0.25, 0.3) is 0 Å². The Morgan fingerprint density at radius 2 is 0.460 bits per heavy atom. The highest BCUT2D eigenvalue weighted by Gasteiger charge is 2.24. The first kappa shape index (κ1) is 73.1. The van der Waals surface area contributed by atoms with Gasteiger partial charge in [-0.3, -0.25) is 0 Å². The molecule has 0 saturated carbocycles. The second kappa shape index (κ2) is 30.7. The Kier molecular flexibility index (Phi) is 17.8. The third-order valence-corrected chi connectivity index (χ3v) is 25.4. The van der Waals surface area contributed by atoms with Crippen molar-refractivity contribution in [3.05, 3.63) is 473 Å². The third-order valence-electron chi connectivity index (χ3n) is 25.4. The highest BCUT2D eigenvalue weighted by molar-refractivity contribution is 6.15. The maximum Gasteiger partial charge on any atom is 0.136 e. The molecular formula is C120H78N4O2. The summed E-state index contributed by atoms with van der Waals surface area (Å²) >= 11 is 0. The lowest BCUT2D eigenvalue weighted by Gasteiger charge is -2.28. The van der Waals surface area contributed by atoms with Crippen LogP contribution >= 0.6 is 0 Å².